The maximum absolute atomic E-state index is 6.66. The summed E-state index contributed by atoms with van der Waals surface area (Å²) in [6, 6.07) is 0. The van der Waals surface area contributed by atoms with Gasteiger partial charge in [-0.05, 0) is 31.4 Å². The standard InChI is InChI=1S/C16H27Cl3N2OS/c17-12-1-2-13(14(18)7-12)15(8-21-5-4-20-10-21)22-9-11-3-6-23-16(11)19/h11-16,20H,1-10H2/p+1/t11?,12?,13?,14?,15-,16?/m0/s1. The second-order valence-electron chi connectivity index (χ2n) is 7.07. The van der Waals surface area contributed by atoms with Gasteiger partial charge in [-0.2, -0.15) is 0 Å². The summed E-state index contributed by atoms with van der Waals surface area (Å²) in [6.07, 6.45) is 4.41. The minimum absolute atomic E-state index is 0.132. The molecule has 134 valence electrons. The Hall–Kier alpha value is 1.10. The van der Waals surface area contributed by atoms with E-state index in [0.29, 0.717) is 11.8 Å². The van der Waals surface area contributed by atoms with Gasteiger partial charge < -0.3 is 10.1 Å². The number of thioether (sulfide) groups is 1. The van der Waals surface area contributed by atoms with Gasteiger partial charge in [0, 0.05) is 29.1 Å². The number of ether oxygens (including phenoxy) is 1. The molecule has 3 rings (SSSR count). The van der Waals surface area contributed by atoms with Gasteiger partial charge in [-0.15, -0.1) is 46.6 Å². The Labute approximate surface area is 159 Å². The number of nitrogens with two attached hydrogens (primary N) is 1. The number of nitrogens with zero attached hydrogens (tertiary/aromatic N) is 1. The molecule has 5 unspecified atom stereocenters. The van der Waals surface area contributed by atoms with E-state index < -0.39 is 0 Å². The minimum Gasteiger partial charge on any atom is -0.376 e. The lowest BCUT2D eigenvalue weighted by molar-refractivity contribution is -0.643. The molecule has 23 heavy (non-hydrogen) atoms. The molecule has 1 saturated carbocycles. The molecule has 2 heterocycles. The molecular weight excluding hydrogens is 375 g/mol. The van der Waals surface area contributed by atoms with Crippen LogP contribution in [-0.2, 0) is 4.74 Å². The lowest BCUT2D eigenvalue weighted by Gasteiger charge is -2.37. The molecule has 0 radical (unpaired) electrons. The predicted octanol–water partition coefficient (Wildman–Crippen LogP) is 2.54. The van der Waals surface area contributed by atoms with Gasteiger partial charge in [0.05, 0.1) is 30.5 Å². The summed E-state index contributed by atoms with van der Waals surface area (Å²) in [6.45, 7) is 5.18. The number of alkyl halides is 3. The van der Waals surface area contributed by atoms with Crippen molar-refractivity contribution in [2.75, 3.05) is 38.7 Å². The van der Waals surface area contributed by atoms with Gasteiger partial charge in [-0.3, -0.25) is 0 Å². The molecule has 2 aliphatic heterocycles. The van der Waals surface area contributed by atoms with Crippen LogP contribution in [0.25, 0.3) is 0 Å². The predicted molar refractivity (Wildman–Crippen MR) is 99.8 cm³/mol. The maximum atomic E-state index is 6.66. The SMILES string of the molecule is ClC1CCC([C@H](CN2CC[NH2+]C2)OCC2CCSC2Cl)C(Cl)C1. The van der Waals surface area contributed by atoms with Crippen molar-refractivity contribution in [2.45, 2.75) is 47.3 Å². The Bertz CT molecular complexity index is 373. The third kappa shape index (κ3) is 5.29. The summed E-state index contributed by atoms with van der Waals surface area (Å²) in [5.41, 5.74) is 0. The molecule has 0 aromatic heterocycles. The van der Waals surface area contributed by atoms with Crippen LogP contribution in [0.2, 0.25) is 0 Å². The second-order valence-corrected chi connectivity index (χ2v) is 10.2. The first-order chi connectivity index (χ1) is 11.1. The van der Waals surface area contributed by atoms with E-state index in [1.165, 1.54) is 13.0 Å². The van der Waals surface area contributed by atoms with Crippen LogP contribution >= 0.6 is 46.6 Å². The Morgan fingerprint density at radius 3 is 2.74 bits per heavy atom. The van der Waals surface area contributed by atoms with Gasteiger partial charge in [0.1, 0.15) is 6.67 Å². The molecule has 0 aromatic rings. The fraction of sp³-hybridized carbons (Fsp3) is 1.00. The summed E-state index contributed by atoms with van der Waals surface area (Å²) in [5.74, 6) is 2.05. The molecule has 3 nitrogen and oxygen atoms in total. The first kappa shape index (κ1) is 18.9. The molecule has 2 N–H and O–H groups in total. The average molecular weight is 403 g/mol. The quantitative estimate of drug-likeness (QED) is 0.692. The molecule has 0 amide bonds. The fourth-order valence-electron chi connectivity index (χ4n) is 3.89. The van der Waals surface area contributed by atoms with Crippen LogP contribution in [0.5, 0.6) is 0 Å². The number of quaternary nitrogens is 1. The first-order valence-electron chi connectivity index (χ1n) is 8.83. The van der Waals surface area contributed by atoms with Crippen molar-refractivity contribution in [3.63, 3.8) is 0 Å². The van der Waals surface area contributed by atoms with Crippen LogP contribution in [0.1, 0.15) is 25.7 Å². The third-order valence-corrected chi connectivity index (χ3v) is 8.18. The van der Waals surface area contributed by atoms with E-state index in [4.69, 9.17) is 39.5 Å². The summed E-state index contributed by atoms with van der Waals surface area (Å²) >= 11 is 21.2. The second kappa shape index (κ2) is 9.16. The zero-order valence-electron chi connectivity index (χ0n) is 13.5. The number of rotatable bonds is 6. The molecule has 2 saturated heterocycles. The van der Waals surface area contributed by atoms with Crippen LogP contribution in [0.4, 0.5) is 0 Å². The van der Waals surface area contributed by atoms with Crippen molar-refractivity contribution < 1.29 is 10.1 Å². The van der Waals surface area contributed by atoms with E-state index in [2.05, 4.69) is 10.2 Å². The van der Waals surface area contributed by atoms with Crippen LogP contribution in [0, 0.1) is 11.8 Å². The van der Waals surface area contributed by atoms with E-state index in [0.717, 1.165) is 51.4 Å². The molecule has 7 heteroatoms. The highest BCUT2D eigenvalue weighted by molar-refractivity contribution is 8.01. The highest BCUT2D eigenvalue weighted by Crippen LogP contribution is 2.38. The van der Waals surface area contributed by atoms with Crippen molar-refractivity contribution >= 4 is 46.6 Å². The Morgan fingerprint density at radius 1 is 1.22 bits per heavy atom. The van der Waals surface area contributed by atoms with E-state index in [9.17, 15) is 0 Å². The minimum atomic E-state index is 0.132. The van der Waals surface area contributed by atoms with Gasteiger partial charge in [0.2, 0.25) is 0 Å². The maximum Gasteiger partial charge on any atom is 0.132 e. The third-order valence-electron chi connectivity index (χ3n) is 5.37. The lowest BCUT2D eigenvalue weighted by atomic mass is 9.84. The van der Waals surface area contributed by atoms with Crippen LogP contribution < -0.4 is 5.32 Å². The number of halogens is 3. The molecule has 3 fully saturated rings. The summed E-state index contributed by atoms with van der Waals surface area (Å²) in [4.78, 5) is 2.49. The molecule has 0 aromatic carbocycles. The van der Waals surface area contributed by atoms with Crippen molar-refractivity contribution in [2.24, 2.45) is 11.8 Å². The normalized spacial score (nSPS) is 40.6. The molecule has 1 aliphatic carbocycles. The monoisotopic (exact) mass is 401 g/mol. The molecule has 6 atom stereocenters. The van der Waals surface area contributed by atoms with Gasteiger partial charge in [-0.1, -0.05) is 0 Å². The van der Waals surface area contributed by atoms with E-state index in [-0.39, 0.29) is 21.6 Å². The Balaban J connectivity index is 1.58. The molecule has 3 aliphatic rings. The Kier molecular flexibility index (Phi) is 7.52. The summed E-state index contributed by atoms with van der Waals surface area (Å²) in [7, 11) is 0. The largest absolute Gasteiger partial charge is 0.376 e. The van der Waals surface area contributed by atoms with Gasteiger partial charge in [-0.25, -0.2) is 4.90 Å². The van der Waals surface area contributed by atoms with Crippen molar-refractivity contribution in [1.82, 2.24) is 4.90 Å². The Morgan fingerprint density at radius 2 is 2.09 bits per heavy atom. The topological polar surface area (TPSA) is 29.1 Å². The molecule has 0 spiro atoms. The van der Waals surface area contributed by atoms with Gasteiger partial charge in [0.15, 0.2) is 0 Å². The van der Waals surface area contributed by atoms with Crippen molar-refractivity contribution in [3.8, 4) is 0 Å². The van der Waals surface area contributed by atoms with E-state index in [1.807, 2.05) is 11.8 Å². The number of hydrogen-bond acceptors (Lipinski definition) is 3. The van der Waals surface area contributed by atoms with E-state index >= 15 is 0 Å². The molecular formula is C16H28Cl3N2OS+. The zero-order chi connectivity index (χ0) is 16.2. The van der Waals surface area contributed by atoms with Gasteiger partial charge >= 0.3 is 0 Å². The van der Waals surface area contributed by atoms with Crippen molar-refractivity contribution in [1.29, 1.82) is 0 Å². The van der Waals surface area contributed by atoms with Crippen LogP contribution in [0.3, 0.4) is 0 Å². The fourth-order valence-corrected chi connectivity index (χ4v) is 6.42. The zero-order valence-corrected chi connectivity index (χ0v) is 16.6. The van der Waals surface area contributed by atoms with Crippen LogP contribution in [-0.4, -0.2) is 65.1 Å². The highest BCUT2D eigenvalue weighted by Gasteiger charge is 2.37. The smallest absolute Gasteiger partial charge is 0.132 e. The summed E-state index contributed by atoms with van der Waals surface area (Å²) in [5, 5.41) is 2.72. The lowest BCUT2D eigenvalue weighted by Crippen LogP contribution is -2.82. The highest BCUT2D eigenvalue weighted by atomic mass is 35.5. The van der Waals surface area contributed by atoms with Crippen LogP contribution in [0.15, 0.2) is 0 Å². The first-order valence-corrected chi connectivity index (χ1v) is 11.2. The van der Waals surface area contributed by atoms with Gasteiger partial charge in [0.25, 0.3) is 0 Å². The summed E-state index contributed by atoms with van der Waals surface area (Å²) < 4.78 is 6.63. The van der Waals surface area contributed by atoms with Crippen molar-refractivity contribution in [3.05, 3.63) is 0 Å². The average Bonchev–Trinajstić information content (AvgIpc) is 3.16. The molecule has 0 bridgehead atoms. The number of hydrogen-bond donors (Lipinski definition) is 1. The van der Waals surface area contributed by atoms with E-state index in [1.54, 1.807) is 0 Å².